The Bertz CT molecular complexity index is 876. The van der Waals surface area contributed by atoms with E-state index in [1.807, 2.05) is 29.9 Å². The predicted octanol–water partition coefficient (Wildman–Crippen LogP) is 3.22. The normalized spacial score (nSPS) is 16.1. The van der Waals surface area contributed by atoms with Crippen molar-refractivity contribution in [1.29, 1.82) is 0 Å². The Kier molecular flexibility index (Phi) is 4.75. The number of carbonyl (C=O) groups excluding carboxylic acids is 2. The highest BCUT2D eigenvalue weighted by molar-refractivity contribution is 8.26. The summed E-state index contributed by atoms with van der Waals surface area (Å²) in [5, 5.41) is 1.52. The fourth-order valence-corrected chi connectivity index (χ4v) is 3.47. The molecule has 0 atom stereocenters. The maximum absolute atomic E-state index is 12.5. The van der Waals surface area contributed by atoms with Crippen molar-refractivity contribution in [1.82, 2.24) is 15.0 Å². The maximum Gasteiger partial charge on any atom is 0.285 e. The van der Waals surface area contributed by atoms with Crippen LogP contribution in [0.25, 0.3) is 6.08 Å². The van der Waals surface area contributed by atoms with Crippen LogP contribution in [0.4, 0.5) is 0 Å². The van der Waals surface area contributed by atoms with Crippen LogP contribution < -0.4 is 5.43 Å². The zero-order chi connectivity index (χ0) is 17.3. The van der Waals surface area contributed by atoms with Gasteiger partial charge in [-0.1, -0.05) is 29.4 Å². The number of carbonyl (C=O) groups is 2. The lowest BCUT2D eigenvalue weighted by Gasteiger charge is -2.15. The van der Waals surface area contributed by atoms with Gasteiger partial charge >= 0.3 is 0 Å². The molecule has 1 aliphatic heterocycles. The number of amides is 2. The Morgan fingerprint density at radius 1 is 1.33 bits per heavy atom. The zero-order valence-electron chi connectivity index (χ0n) is 12.5. The molecule has 1 aromatic carbocycles. The van der Waals surface area contributed by atoms with Crippen LogP contribution in [0.1, 0.15) is 16.1 Å². The number of hydrogen-bond donors (Lipinski definition) is 1. The van der Waals surface area contributed by atoms with Crippen LogP contribution >= 0.6 is 35.6 Å². The van der Waals surface area contributed by atoms with E-state index in [4.69, 9.17) is 23.8 Å². The van der Waals surface area contributed by atoms with Crippen molar-refractivity contribution < 1.29 is 9.59 Å². The number of nitrogens with one attached hydrogen (secondary N) is 1. The summed E-state index contributed by atoms with van der Waals surface area (Å²) >= 11 is 12.2. The lowest BCUT2D eigenvalue weighted by atomic mass is 10.2. The Labute approximate surface area is 153 Å². The van der Waals surface area contributed by atoms with Gasteiger partial charge in [0, 0.05) is 29.5 Å². The number of thioether (sulfide) groups is 1. The van der Waals surface area contributed by atoms with Gasteiger partial charge in [-0.05, 0) is 48.6 Å². The van der Waals surface area contributed by atoms with E-state index in [0.29, 0.717) is 15.5 Å². The maximum atomic E-state index is 12.5. The standard InChI is InChI=1S/C16H12ClN3O2S2/c1-19-7-3-6-12(19)9-13-15(22)20(16(23)24-13)18-14(21)10-4-2-5-11(17)8-10/h2-9H,1H3,(H,18,21)/b13-9+. The highest BCUT2D eigenvalue weighted by Gasteiger charge is 2.33. The van der Waals surface area contributed by atoms with Crippen molar-refractivity contribution in [3.63, 3.8) is 0 Å². The number of aryl methyl sites for hydroxylation is 1. The minimum atomic E-state index is -0.450. The number of nitrogens with zero attached hydrogens (tertiary/aromatic N) is 2. The van der Waals surface area contributed by atoms with Crippen LogP contribution in [-0.4, -0.2) is 25.7 Å². The number of aromatic nitrogens is 1. The fourth-order valence-electron chi connectivity index (χ4n) is 2.12. The monoisotopic (exact) mass is 377 g/mol. The largest absolute Gasteiger partial charge is 0.351 e. The molecule has 0 unspecified atom stereocenters. The molecule has 2 amide bonds. The summed E-state index contributed by atoms with van der Waals surface area (Å²) < 4.78 is 2.16. The summed E-state index contributed by atoms with van der Waals surface area (Å²) in [7, 11) is 1.88. The number of hydrazine groups is 1. The third-order valence-corrected chi connectivity index (χ3v) is 4.89. The van der Waals surface area contributed by atoms with Crippen molar-refractivity contribution in [3.05, 3.63) is 63.8 Å². The van der Waals surface area contributed by atoms with Gasteiger partial charge in [-0.15, -0.1) is 0 Å². The van der Waals surface area contributed by atoms with Crippen LogP contribution in [-0.2, 0) is 11.8 Å². The van der Waals surface area contributed by atoms with Gasteiger partial charge in [0.15, 0.2) is 4.32 Å². The first-order chi connectivity index (χ1) is 11.5. The predicted molar refractivity (Wildman–Crippen MR) is 99.3 cm³/mol. The highest BCUT2D eigenvalue weighted by Crippen LogP contribution is 2.31. The molecular formula is C16H12ClN3O2S2. The first-order valence-electron chi connectivity index (χ1n) is 6.91. The van der Waals surface area contributed by atoms with E-state index >= 15 is 0 Å². The summed E-state index contributed by atoms with van der Waals surface area (Å²) in [6.07, 6.45) is 3.62. The molecule has 1 aliphatic rings. The van der Waals surface area contributed by atoms with E-state index in [0.717, 1.165) is 22.5 Å². The zero-order valence-corrected chi connectivity index (χ0v) is 14.9. The minimum absolute atomic E-state index is 0.274. The van der Waals surface area contributed by atoms with Gasteiger partial charge in [-0.25, -0.2) is 0 Å². The summed E-state index contributed by atoms with van der Waals surface area (Å²) in [4.78, 5) is 25.2. The average molecular weight is 378 g/mol. The molecule has 2 aromatic rings. The summed E-state index contributed by atoms with van der Waals surface area (Å²) in [6, 6.07) is 10.2. The molecule has 0 spiro atoms. The van der Waals surface area contributed by atoms with E-state index in [2.05, 4.69) is 5.43 Å². The highest BCUT2D eigenvalue weighted by atomic mass is 35.5. The molecule has 0 radical (unpaired) electrons. The van der Waals surface area contributed by atoms with Crippen molar-refractivity contribution in [2.75, 3.05) is 0 Å². The lowest BCUT2D eigenvalue weighted by Crippen LogP contribution is -2.44. The van der Waals surface area contributed by atoms with E-state index in [9.17, 15) is 9.59 Å². The Morgan fingerprint density at radius 2 is 2.12 bits per heavy atom. The van der Waals surface area contributed by atoms with Gasteiger partial charge in [0.2, 0.25) is 0 Å². The van der Waals surface area contributed by atoms with Crippen molar-refractivity contribution in [3.8, 4) is 0 Å². The van der Waals surface area contributed by atoms with Crippen molar-refractivity contribution >= 4 is 57.8 Å². The number of thiocarbonyl (C=S) groups is 1. The molecule has 122 valence electrons. The van der Waals surface area contributed by atoms with Gasteiger partial charge in [-0.3, -0.25) is 15.0 Å². The van der Waals surface area contributed by atoms with Crippen LogP contribution in [0.15, 0.2) is 47.5 Å². The van der Waals surface area contributed by atoms with Gasteiger partial charge in [0.1, 0.15) is 0 Å². The molecule has 0 saturated carbocycles. The molecule has 0 bridgehead atoms. The second-order valence-corrected chi connectivity index (χ2v) is 7.12. The van der Waals surface area contributed by atoms with Crippen LogP contribution in [0.3, 0.4) is 0 Å². The third kappa shape index (κ3) is 3.38. The van der Waals surface area contributed by atoms with E-state index in [1.165, 1.54) is 6.07 Å². The molecule has 2 heterocycles. The molecule has 0 aliphatic carbocycles. The lowest BCUT2D eigenvalue weighted by molar-refractivity contribution is -0.123. The van der Waals surface area contributed by atoms with Crippen LogP contribution in [0.2, 0.25) is 5.02 Å². The Hall–Kier alpha value is -2.09. The van der Waals surface area contributed by atoms with E-state index in [-0.39, 0.29) is 10.2 Å². The second-order valence-electron chi connectivity index (χ2n) is 5.01. The quantitative estimate of drug-likeness (QED) is 0.659. The average Bonchev–Trinajstić information content (AvgIpc) is 3.06. The molecule has 1 N–H and O–H groups in total. The number of halogens is 1. The summed E-state index contributed by atoms with van der Waals surface area (Å²) in [5.41, 5.74) is 3.74. The van der Waals surface area contributed by atoms with Crippen LogP contribution in [0, 0.1) is 0 Å². The molecule has 3 rings (SSSR count). The minimum Gasteiger partial charge on any atom is -0.351 e. The van der Waals surface area contributed by atoms with Crippen molar-refractivity contribution in [2.24, 2.45) is 7.05 Å². The summed E-state index contributed by atoms with van der Waals surface area (Å²) in [6.45, 7) is 0. The molecule has 1 fully saturated rings. The first-order valence-corrected chi connectivity index (χ1v) is 8.52. The topological polar surface area (TPSA) is 54.3 Å². The Balaban J connectivity index is 1.79. The molecular weight excluding hydrogens is 366 g/mol. The Morgan fingerprint density at radius 3 is 2.79 bits per heavy atom. The SMILES string of the molecule is Cn1cccc1/C=C1/SC(=S)N(NC(=O)c2cccc(Cl)c2)C1=O. The second kappa shape index (κ2) is 6.80. The van der Waals surface area contributed by atoms with Crippen molar-refractivity contribution in [2.45, 2.75) is 0 Å². The molecule has 24 heavy (non-hydrogen) atoms. The fraction of sp³-hybridized carbons (Fsp3) is 0.0625. The van der Waals surface area contributed by atoms with E-state index in [1.54, 1.807) is 24.3 Å². The smallest absolute Gasteiger partial charge is 0.285 e. The molecule has 8 heteroatoms. The molecule has 1 aromatic heterocycles. The molecule has 5 nitrogen and oxygen atoms in total. The number of benzene rings is 1. The third-order valence-electron chi connectivity index (χ3n) is 3.36. The van der Waals surface area contributed by atoms with Gasteiger partial charge in [-0.2, -0.15) is 5.01 Å². The number of hydrogen-bond acceptors (Lipinski definition) is 4. The van der Waals surface area contributed by atoms with Gasteiger partial charge in [0.05, 0.1) is 4.91 Å². The van der Waals surface area contributed by atoms with Gasteiger partial charge in [0.25, 0.3) is 11.8 Å². The van der Waals surface area contributed by atoms with Crippen LogP contribution in [0.5, 0.6) is 0 Å². The summed E-state index contributed by atoms with van der Waals surface area (Å²) in [5.74, 6) is -0.810. The van der Waals surface area contributed by atoms with Gasteiger partial charge < -0.3 is 4.57 Å². The van der Waals surface area contributed by atoms with E-state index < -0.39 is 5.91 Å². The first kappa shape index (κ1) is 16.8. The molecule has 1 saturated heterocycles. The number of rotatable bonds is 3.